The second-order valence-corrected chi connectivity index (χ2v) is 14.1. The number of anilines is 1. The van der Waals surface area contributed by atoms with Gasteiger partial charge in [0.2, 0.25) is 0 Å². The Morgan fingerprint density at radius 2 is 1.98 bits per heavy atom. The van der Waals surface area contributed by atoms with Crippen molar-refractivity contribution in [2.24, 2.45) is 17.3 Å². The lowest BCUT2D eigenvalue weighted by Gasteiger charge is -2.32. The summed E-state index contributed by atoms with van der Waals surface area (Å²) in [7, 11) is -0.917. The van der Waals surface area contributed by atoms with Crippen molar-refractivity contribution in [2.45, 2.75) is 76.3 Å². The number of nitriles is 1. The molecule has 1 aliphatic carbocycles. The zero-order valence-electron chi connectivity index (χ0n) is 23.9. The predicted octanol–water partition coefficient (Wildman–Crippen LogP) is 6.18. The number of aromatic nitrogens is 3. The molecule has 8 nitrogen and oxygen atoms in total. The van der Waals surface area contributed by atoms with Crippen molar-refractivity contribution in [2.75, 3.05) is 16.8 Å². The van der Waals surface area contributed by atoms with Crippen LogP contribution in [0.15, 0.2) is 39.8 Å². The van der Waals surface area contributed by atoms with E-state index in [0.29, 0.717) is 17.0 Å². The molecule has 1 saturated heterocycles. The summed E-state index contributed by atoms with van der Waals surface area (Å²) in [5.74, 6) is 0.248. The van der Waals surface area contributed by atoms with Crippen LogP contribution >= 0.6 is 0 Å². The fourth-order valence-corrected chi connectivity index (χ4v) is 8.41. The summed E-state index contributed by atoms with van der Waals surface area (Å²) in [6, 6.07) is 7.17. The Balaban J connectivity index is 1.47. The van der Waals surface area contributed by atoms with Crippen LogP contribution in [-0.4, -0.2) is 36.3 Å². The quantitative estimate of drug-likeness (QED) is 0.314. The van der Waals surface area contributed by atoms with Crippen LogP contribution in [0.1, 0.15) is 81.5 Å². The largest absolute Gasteiger partial charge is 0.363 e. The normalized spacial score (nSPS) is 26.1. The monoisotopic (exact) mass is 600 g/mol. The number of fused-ring (bicyclic) bond motifs is 1. The van der Waals surface area contributed by atoms with Crippen LogP contribution in [0.2, 0.25) is 0 Å². The van der Waals surface area contributed by atoms with Crippen molar-refractivity contribution in [1.82, 2.24) is 14.5 Å². The number of rotatable bonds is 9. The Morgan fingerprint density at radius 1 is 1.26 bits per heavy atom. The lowest BCUT2D eigenvalue weighted by Crippen LogP contribution is -2.41. The molecule has 2 fully saturated rings. The molecular formula is C30H35F3N6O2S. The molecule has 2 unspecified atom stereocenters. The molecule has 2 aliphatic rings. The summed E-state index contributed by atoms with van der Waals surface area (Å²) in [5.41, 5.74) is -1.65. The Hall–Kier alpha value is -3.46. The summed E-state index contributed by atoms with van der Waals surface area (Å²) in [6.07, 6.45) is 3.08. The minimum atomic E-state index is -2.96. The molecule has 2 aromatic heterocycles. The smallest absolute Gasteiger partial charge is 0.266 e. The van der Waals surface area contributed by atoms with E-state index in [1.54, 1.807) is 20.0 Å². The fraction of sp³-hybridized carbons (Fsp3) is 0.533. The standard InChI is InChI=1S/C30H35F3N6O2S/c1-4-5-7-19-14-24(19)38-42(41)12-10-30(16-34,11-13-42)23-15-22-27(35-17-36-28(22)39(3)29(23)40)37-18(2)20-8-6-9-21(25(20)31)26(32)33/h6,8-9,15,17-19,24,26H,4-5,7,10-14H2,1-3H3,(H,35,36,37)/t18-,19?,24?,30?,42?/m1/s1. The maximum absolute atomic E-state index is 14.9. The van der Waals surface area contributed by atoms with Crippen molar-refractivity contribution in [3.8, 4) is 6.07 Å². The maximum atomic E-state index is 14.9. The minimum Gasteiger partial charge on any atom is -0.363 e. The molecular weight excluding hydrogens is 565 g/mol. The molecule has 0 spiro atoms. The summed E-state index contributed by atoms with van der Waals surface area (Å²) < 4.78 is 61.1. The van der Waals surface area contributed by atoms with Gasteiger partial charge in [0, 0.05) is 39.4 Å². The molecule has 42 heavy (non-hydrogen) atoms. The number of pyridine rings is 1. The zero-order valence-corrected chi connectivity index (χ0v) is 24.8. The van der Waals surface area contributed by atoms with E-state index in [0.717, 1.165) is 31.7 Å². The number of benzene rings is 1. The van der Waals surface area contributed by atoms with E-state index in [4.69, 9.17) is 4.36 Å². The van der Waals surface area contributed by atoms with Crippen LogP contribution in [0.3, 0.4) is 0 Å². The van der Waals surface area contributed by atoms with Gasteiger partial charge in [0.05, 0.1) is 34.5 Å². The molecule has 3 heterocycles. The van der Waals surface area contributed by atoms with Gasteiger partial charge in [-0.3, -0.25) is 9.36 Å². The zero-order chi connectivity index (χ0) is 30.2. The number of aryl methyl sites for hydroxylation is 1. The number of unbranched alkanes of at least 4 members (excludes halogenated alkanes) is 1. The van der Waals surface area contributed by atoms with Gasteiger partial charge in [-0.05, 0) is 44.6 Å². The molecule has 3 atom stereocenters. The average molecular weight is 601 g/mol. The topological polar surface area (TPSA) is 113 Å². The molecule has 1 N–H and O–H groups in total. The fourth-order valence-electron chi connectivity index (χ4n) is 5.91. The van der Waals surface area contributed by atoms with Gasteiger partial charge in [-0.2, -0.15) is 5.26 Å². The number of nitrogens with one attached hydrogen (secondary N) is 1. The van der Waals surface area contributed by atoms with Crippen LogP contribution in [0.4, 0.5) is 19.0 Å². The number of halogens is 3. The highest BCUT2D eigenvalue weighted by Crippen LogP contribution is 2.42. The van der Waals surface area contributed by atoms with Crippen LogP contribution in [-0.2, 0) is 22.2 Å². The van der Waals surface area contributed by atoms with Crippen LogP contribution in [0.25, 0.3) is 11.0 Å². The van der Waals surface area contributed by atoms with Gasteiger partial charge in [-0.25, -0.2) is 31.7 Å². The maximum Gasteiger partial charge on any atom is 0.266 e. The first kappa shape index (κ1) is 30.0. The third-order valence-electron chi connectivity index (χ3n) is 8.68. The van der Waals surface area contributed by atoms with Gasteiger partial charge < -0.3 is 5.32 Å². The first-order valence-electron chi connectivity index (χ1n) is 14.3. The molecule has 0 radical (unpaired) electrons. The lowest BCUT2D eigenvalue weighted by molar-refractivity contribution is 0.146. The Kier molecular flexibility index (Phi) is 8.34. The van der Waals surface area contributed by atoms with Crippen molar-refractivity contribution in [3.05, 3.63) is 63.5 Å². The van der Waals surface area contributed by atoms with E-state index in [1.165, 1.54) is 23.0 Å². The third kappa shape index (κ3) is 5.63. The van der Waals surface area contributed by atoms with E-state index >= 15 is 0 Å². The Morgan fingerprint density at radius 3 is 2.64 bits per heavy atom. The molecule has 1 aliphatic heterocycles. The molecule has 5 rings (SSSR count). The molecule has 1 aromatic carbocycles. The average Bonchev–Trinajstić information content (AvgIpc) is 3.71. The summed E-state index contributed by atoms with van der Waals surface area (Å²) in [5, 5.41) is 13.9. The van der Waals surface area contributed by atoms with Gasteiger partial charge >= 0.3 is 0 Å². The SMILES string of the molecule is CCCCC1CC1N=S1(=O)CCC(C#N)(c2cc3c(N[C@H](C)c4cccc(C(F)F)c4F)ncnc3n(C)c2=O)CC1. The first-order chi connectivity index (χ1) is 20.0. The first-order valence-corrected chi connectivity index (χ1v) is 16.2. The third-order valence-corrected chi connectivity index (χ3v) is 11.0. The van der Waals surface area contributed by atoms with Gasteiger partial charge in [-0.15, -0.1) is 0 Å². The lowest BCUT2D eigenvalue weighted by atomic mass is 9.77. The second kappa shape index (κ2) is 11.7. The van der Waals surface area contributed by atoms with Crippen molar-refractivity contribution < 1.29 is 17.4 Å². The summed E-state index contributed by atoms with van der Waals surface area (Å²) >= 11 is 0. The van der Waals surface area contributed by atoms with Crippen LogP contribution in [0.5, 0.6) is 0 Å². The van der Waals surface area contributed by atoms with Crippen molar-refractivity contribution >= 4 is 26.6 Å². The molecule has 1 saturated carbocycles. The number of hydrogen-bond donors (Lipinski definition) is 1. The molecule has 3 aromatic rings. The van der Waals surface area contributed by atoms with Crippen molar-refractivity contribution in [3.63, 3.8) is 0 Å². The highest BCUT2D eigenvalue weighted by atomic mass is 32.2. The van der Waals surface area contributed by atoms with Gasteiger partial charge in [0.15, 0.2) is 0 Å². The van der Waals surface area contributed by atoms with E-state index in [2.05, 4.69) is 28.3 Å². The number of hydrogen-bond acceptors (Lipinski definition) is 7. The van der Waals surface area contributed by atoms with E-state index in [9.17, 15) is 27.4 Å². The second-order valence-electron chi connectivity index (χ2n) is 11.5. The van der Waals surface area contributed by atoms with Gasteiger partial charge in [-0.1, -0.05) is 38.0 Å². The molecule has 0 bridgehead atoms. The van der Waals surface area contributed by atoms with E-state index in [1.807, 2.05) is 0 Å². The van der Waals surface area contributed by atoms with Crippen molar-refractivity contribution in [1.29, 1.82) is 5.26 Å². The predicted molar refractivity (Wildman–Crippen MR) is 156 cm³/mol. The Bertz CT molecular complexity index is 1710. The summed E-state index contributed by atoms with van der Waals surface area (Å²) in [6.45, 7) is 3.77. The van der Waals surface area contributed by atoms with Gasteiger partial charge in [0.25, 0.3) is 12.0 Å². The van der Waals surface area contributed by atoms with Crippen LogP contribution < -0.4 is 10.9 Å². The van der Waals surface area contributed by atoms with Crippen LogP contribution in [0, 0.1) is 23.1 Å². The summed E-state index contributed by atoms with van der Waals surface area (Å²) in [4.78, 5) is 22.1. The van der Waals surface area contributed by atoms with Gasteiger partial charge in [0.1, 0.15) is 23.6 Å². The highest BCUT2D eigenvalue weighted by molar-refractivity contribution is 7.93. The molecule has 12 heteroatoms. The van der Waals surface area contributed by atoms with E-state index in [-0.39, 0.29) is 52.9 Å². The molecule has 0 amide bonds. The Labute approximate surface area is 243 Å². The highest BCUT2D eigenvalue weighted by Gasteiger charge is 2.43. The molecule has 224 valence electrons. The minimum absolute atomic E-state index is 0.0384. The number of nitrogens with zero attached hydrogens (tertiary/aromatic N) is 5. The van der Waals surface area contributed by atoms with E-state index < -0.39 is 39.0 Å². The number of alkyl halides is 2.